The number of nitrogens with one attached hydrogen (secondary N) is 2. The first-order valence-electron chi connectivity index (χ1n) is 9.45. The molecule has 1 amide bonds. The Morgan fingerprint density at radius 2 is 1.93 bits per heavy atom. The Balaban J connectivity index is 1.49. The van der Waals surface area contributed by atoms with Crippen molar-refractivity contribution in [1.29, 1.82) is 0 Å². The maximum absolute atomic E-state index is 12.2. The number of amides is 1. The minimum Gasteiger partial charge on any atom is -0.497 e. The van der Waals surface area contributed by atoms with Gasteiger partial charge in [0.25, 0.3) is 0 Å². The van der Waals surface area contributed by atoms with Gasteiger partial charge in [-0.05, 0) is 24.7 Å². The summed E-state index contributed by atoms with van der Waals surface area (Å²) in [5.41, 5.74) is 1.68. The fourth-order valence-corrected chi connectivity index (χ4v) is 3.22. The number of aromatic nitrogens is 3. The molecule has 1 aromatic heterocycles. The largest absolute Gasteiger partial charge is 0.497 e. The fraction of sp³-hybridized carbons (Fsp3) is 0.526. The number of aliphatic hydroxyl groups excluding tert-OH is 2. The first-order chi connectivity index (χ1) is 14.0. The monoisotopic (exact) mass is 405 g/mol. The van der Waals surface area contributed by atoms with Crippen LogP contribution in [-0.4, -0.2) is 69.7 Å². The van der Waals surface area contributed by atoms with Crippen molar-refractivity contribution >= 4 is 5.91 Å². The standard InChI is InChI=1S/C19H27N5O5/c1-20-9-13-10-24(23-22-13)11-16-19(27)18(26)15(29-16)7-17(25)21-8-12-3-5-14(28-2)6-4-12/h3-6,10,15-16,18-20,26-27H,7-9,11H2,1-2H3,(H,21,25)/t15-,16+,18-,19+/m0/s1. The van der Waals surface area contributed by atoms with Crippen LogP contribution in [0.2, 0.25) is 0 Å². The van der Waals surface area contributed by atoms with Gasteiger partial charge in [0.1, 0.15) is 24.1 Å². The Labute approximate surface area is 168 Å². The van der Waals surface area contributed by atoms with Gasteiger partial charge in [0, 0.05) is 19.3 Å². The number of carbonyl (C=O) groups excluding carboxylic acids is 1. The van der Waals surface area contributed by atoms with Gasteiger partial charge in [-0.25, -0.2) is 4.68 Å². The van der Waals surface area contributed by atoms with Crippen molar-refractivity contribution in [3.8, 4) is 5.75 Å². The molecule has 0 aliphatic carbocycles. The number of ether oxygens (including phenoxy) is 2. The van der Waals surface area contributed by atoms with Crippen molar-refractivity contribution in [2.75, 3.05) is 14.2 Å². The highest BCUT2D eigenvalue weighted by molar-refractivity contribution is 5.76. The molecule has 4 atom stereocenters. The van der Waals surface area contributed by atoms with Crippen molar-refractivity contribution in [1.82, 2.24) is 25.6 Å². The summed E-state index contributed by atoms with van der Waals surface area (Å²) in [6.07, 6.45) is -2.01. The Hall–Kier alpha value is -2.53. The lowest BCUT2D eigenvalue weighted by atomic mass is 10.1. The number of nitrogens with zero attached hydrogens (tertiary/aromatic N) is 3. The van der Waals surface area contributed by atoms with Gasteiger partial charge in [0.15, 0.2) is 0 Å². The molecule has 10 nitrogen and oxygen atoms in total. The lowest BCUT2D eigenvalue weighted by Crippen LogP contribution is -2.36. The number of hydrogen-bond acceptors (Lipinski definition) is 8. The molecule has 0 radical (unpaired) electrons. The summed E-state index contributed by atoms with van der Waals surface area (Å²) in [6.45, 7) is 1.16. The lowest BCUT2D eigenvalue weighted by Gasteiger charge is -2.14. The van der Waals surface area contributed by atoms with Crippen molar-refractivity contribution in [2.24, 2.45) is 0 Å². The SMILES string of the molecule is CNCc1cn(C[C@H]2O[C@@H](CC(=O)NCc3ccc(OC)cc3)[C@H](O)[C@@H]2O)nn1. The van der Waals surface area contributed by atoms with E-state index in [-0.39, 0.29) is 18.9 Å². The average Bonchev–Trinajstić information content (AvgIpc) is 3.27. The fourth-order valence-electron chi connectivity index (χ4n) is 3.22. The molecule has 0 saturated carbocycles. The Morgan fingerprint density at radius 3 is 2.62 bits per heavy atom. The van der Waals surface area contributed by atoms with Gasteiger partial charge >= 0.3 is 0 Å². The van der Waals surface area contributed by atoms with Crippen molar-refractivity contribution < 1.29 is 24.5 Å². The zero-order valence-electron chi connectivity index (χ0n) is 16.5. The molecule has 1 fully saturated rings. The molecule has 10 heteroatoms. The highest BCUT2D eigenvalue weighted by atomic mass is 16.5. The number of carbonyl (C=O) groups is 1. The molecular weight excluding hydrogens is 378 g/mol. The second-order valence-corrected chi connectivity index (χ2v) is 6.99. The Kier molecular flexibility index (Phi) is 7.15. The summed E-state index contributed by atoms with van der Waals surface area (Å²) >= 11 is 0. The van der Waals surface area contributed by atoms with E-state index in [1.165, 1.54) is 0 Å². The Morgan fingerprint density at radius 1 is 1.21 bits per heavy atom. The van der Waals surface area contributed by atoms with Crippen molar-refractivity contribution in [3.63, 3.8) is 0 Å². The molecule has 0 bridgehead atoms. The van der Waals surface area contributed by atoms with E-state index in [2.05, 4.69) is 20.9 Å². The molecule has 158 valence electrons. The smallest absolute Gasteiger partial charge is 0.222 e. The van der Waals surface area contributed by atoms with Gasteiger partial charge in [-0.3, -0.25) is 4.79 Å². The summed E-state index contributed by atoms with van der Waals surface area (Å²) in [4.78, 5) is 12.2. The molecule has 3 rings (SSSR count). The van der Waals surface area contributed by atoms with E-state index in [1.807, 2.05) is 31.3 Å². The van der Waals surface area contributed by atoms with Crippen LogP contribution in [-0.2, 0) is 29.2 Å². The normalized spacial score (nSPS) is 23.9. The van der Waals surface area contributed by atoms with E-state index < -0.39 is 24.4 Å². The third-order valence-corrected chi connectivity index (χ3v) is 4.81. The molecule has 0 spiro atoms. The molecule has 1 aliphatic rings. The van der Waals surface area contributed by atoms with Crippen LogP contribution in [0.5, 0.6) is 5.75 Å². The summed E-state index contributed by atoms with van der Waals surface area (Å²) < 4.78 is 12.4. The number of benzene rings is 1. The van der Waals surface area contributed by atoms with Crippen LogP contribution in [0.25, 0.3) is 0 Å². The van der Waals surface area contributed by atoms with Crippen LogP contribution in [0.1, 0.15) is 17.7 Å². The summed E-state index contributed by atoms with van der Waals surface area (Å²) in [7, 11) is 3.40. The van der Waals surface area contributed by atoms with E-state index in [0.717, 1.165) is 17.0 Å². The maximum Gasteiger partial charge on any atom is 0.222 e. The van der Waals surface area contributed by atoms with Gasteiger partial charge in [-0.2, -0.15) is 0 Å². The maximum atomic E-state index is 12.2. The third-order valence-electron chi connectivity index (χ3n) is 4.81. The first kappa shape index (κ1) is 21.2. The number of hydrogen-bond donors (Lipinski definition) is 4. The van der Waals surface area contributed by atoms with Gasteiger partial charge in [-0.15, -0.1) is 5.10 Å². The zero-order chi connectivity index (χ0) is 20.8. The first-order valence-corrected chi connectivity index (χ1v) is 9.45. The van der Waals surface area contributed by atoms with Crippen LogP contribution < -0.4 is 15.4 Å². The predicted octanol–water partition coefficient (Wildman–Crippen LogP) is -0.798. The van der Waals surface area contributed by atoms with E-state index >= 15 is 0 Å². The summed E-state index contributed by atoms with van der Waals surface area (Å²) in [5, 5.41) is 34.3. The number of methoxy groups -OCH3 is 1. The van der Waals surface area contributed by atoms with E-state index in [9.17, 15) is 15.0 Å². The van der Waals surface area contributed by atoms with Gasteiger partial charge in [0.05, 0.1) is 31.9 Å². The number of rotatable bonds is 9. The van der Waals surface area contributed by atoms with E-state index in [4.69, 9.17) is 9.47 Å². The summed E-state index contributed by atoms with van der Waals surface area (Å²) in [6, 6.07) is 7.36. The molecule has 29 heavy (non-hydrogen) atoms. The molecule has 1 aliphatic heterocycles. The second-order valence-electron chi connectivity index (χ2n) is 6.99. The molecule has 2 heterocycles. The van der Waals surface area contributed by atoms with Crippen molar-refractivity contribution in [2.45, 2.75) is 50.5 Å². The minimum absolute atomic E-state index is 0.0484. The topological polar surface area (TPSA) is 131 Å². The molecule has 0 unspecified atom stereocenters. The van der Waals surface area contributed by atoms with Crippen LogP contribution in [0, 0.1) is 0 Å². The number of aliphatic hydroxyl groups is 2. The van der Waals surface area contributed by atoms with E-state index in [0.29, 0.717) is 13.1 Å². The quantitative estimate of drug-likeness (QED) is 0.427. The lowest BCUT2D eigenvalue weighted by molar-refractivity contribution is -0.125. The molecule has 4 N–H and O–H groups in total. The minimum atomic E-state index is -1.15. The zero-order valence-corrected chi connectivity index (χ0v) is 16.5. The average molecular weight is 405 g/mol. The highest BCUT2D eigenvalue weighted by Gasteiger charge is 2.43. The van der Waals surface area contributed by atoms with Crippen molar-refractivity contribution in [3.05, 3.63) is 41.7 Å². The molecule has 1 saturated heterocycles. The van der Waals surface area contributed by atoms with Gasteiger partial charge < -0.3 is 30.3 Å². The van der Waals surface area contributed by atoms with Gasteiger partial charge in [-0.1, -0.05) is 17.3 Å². The van der Waals surface area contributed by atoms with Crippen LogP contribution in [0.3, 0.4) is 0 Å². The second kappa shape index (κ2) is 9.79. The Bertz CT molecular complexity index is 797. The third kappa shape index (κ3) is 5.51. The van der Waals surface area contributed by atoms with E-state index in [1.54, 1.807) is 18.0 Å². The van der Waals surface area contributed by atoms with Gasteiger partial charge in [0.2, 0.25) is 5.91 Å². The summed E-state index contributed by atoms with van der Waals surface area (Å²) in [5.74, 6) is 0.475. The van der Waals surface area contributed by atoms with Crippen LogP contribution >= 0.6 is 0 Å². The molecule has 2 aromatic rings. The highest BCUT2D eigenvalue weighted by Crippen LogP contribution is 2.25. The van der Waals surface area contributed by atoms with Crippen LogP contribution in [0.4, 0.5) is 0 Å². The molecular formula is C19H27N5O5. The molecule has 1 aromatic carbocycles. The van der Waals surface area contributed by atoms with Crippen LogP contribution in [0.15, 0.2) is 30.5 Å². The predicted molar refractivity (Wildman–Crippen MR) is 103 cm³/mol.